The zero-order valence-corrected chi connectivity index (χ0v) is 13.0. The van der Waals surface area contributed by atoms with Crippen molar-refractivity contribution in [3.8, 4) is 10.6 Å². The summed E-state index contributed by atoms with van der Waals surface area (Å²) in [4.78, 5) is 4.15. The topological polar surface area (TPSA) is 50.7 Å². The molecule has 1 saturated carbocycles. The molecular formula is C14H17ClN4S. The van der Waals surface area contributed by atoms with Crippen molar-refractivity contribution in [2.75, 3.05) is 12.4 Å². The average Bonchev–Trinajstić information content (AvgIpc) is 2.97. The first-order chi connectivity index (χ1) is 9.78. The first-order valence-electron chi connectivity index (χ1n) is 6.95. The molecule has 0 spiro atoms. The van der Waals surface area contributed by atoms with Crippen LogP contribution in [0, 0.1) is 0 Å². The molecule has 0 atom stereocenters. The van der Waals surface area contributed by atoms with Crippen LogP contribution in [0.3, 0.4) is 0 Å². The second-order valence-electron chi connectivity index (χ2n) is 5.08. The number of aromatic nitrogens is 3. The van der Waals surface area contributed by atoms with Crippen molar-refractivity contribution in [1.82, 2.24) is 15.2 Å². The number of nitrogens with zero attached hydrogens (tertiary/aromatic N) is 3. The standard InChI is InChI=1S/C14H17ClN4S/c1-16-11-7-12(15)17-8-10(11)14-19-18-13(20-14)9-5-3-2-4-6-9/h7-9H,2-6H2,1H3,(H,16,17). The third-order valence-corrected chi connectivity index (χ3v) is 5.09. The smallest absolute Gasteiger partial charge is 0.151 e. The Balaban J connectivity index is 1.89. The first-order valence-corrected chi connectivity index (χ1v) is 8.14. The monoisotopic (exact) mass is 308 g/mol. The first kappa shape index (κ1) is 13.8. The molecule has 1 N–H and O–H groups in total. The molecule has 0 aromatic carbocycles. The highest BCUT2D eigenvalue weighted by Crippen LogP contribution is 2.38. The molecule has 3 rings (SSSR count). The van der Waals surface area contributed by atoms with E-state index >= 15 is 0 Å². The van der Waals surface area contributed by atoms with Gasteiger partial charge in [0.25, 0.3) is 0 Å². The Labute approximate surface area is 127 Å². The summed E-state index contributed by atoms with van der Waals surface area (Å²) in [7, 11) is 1.87. The maximum absolute atomic E-state index is 5.93. The van der Waals surface area contributed by atoms with Crippen LogP contribution in [0.25, 0.3) is 10.6 Å². The molecule has 1 aliphatic rings. The zero-order valence-electron chi connectivity index (χ0n) is 11.4. The van der Waals surface area contributed by atoms with Gasteiger partial charge in [-0.2, -0.15) is 0 Å². The van der Waals surface area contributed by atoms with E-state index in [1.807, 2.05) is 13.1 Å². The summed E-state index contributed by atoms with van der Waals surface area (Å²) in [6.07, 6.45) is 8.22. The van der Waals surface area contributed by atoms with Gasteiger partial charge in [-0.1, -0.05) is 42.2 Å². The van der Waals surface area contributed by atoms with Crippen LogP contribution in [0.2, 0.25) is 5.15 Å². The molecule has 0 bridgehead atoms. The summed E-state index contributed by atoms with van der Waals surface area (Å²) < 4.78 is 0. The quantitative estimate of drug-likeness (QED) is 0.857. The van der Waals surface area contributed by atoms with E-state index in [0.717, 1.165) is 21.3 Å². The third kappa shape index (κ3) is 2.79. The fourth-order valence-corrected chi connectivity index (χ4v) is 3.86. The number of rotatable bonds is 3. The van der Waals surface area contributed by atoms with E-state index in [-0.39, 0.29) is 0 Å². The molecule has 4 nitrogen and oxygen atoms in total. The van der Waals surface area contributed by atoms with Crippen molar-refractivity contribution in [3.63, 3.8) is 0 Å². The molecule has 2 aromatic heterocycles. The Bertz CT molecular complexity index is 593. The van der Waals surface area contributed by atoms with E-state index < -0.39 is 0 Å². The second-order valence-corrected chi connectivity index (χ2v) is 6.48. The van der Waals surface area contributed by atoms with Crippen molar-refractivity contribution in [2.24, 2.45) is 0 Å². The lowest BCUT2D eigenvalue weighted by Crippen LogP contribution is -2.03. The summed E-state index contributed by atoms with van der Waals surface area (Å²) in [5.74, 6) is 0.591. The summed E-state index contributed by atoms with van der Waals surface area (Å²) in [5.41, 5.74) is 1.91. The van der Waals surface area contributed by atoms with Crippen LogP contribution in [0.4, 0.5) is 5.69 Å². The maximum atomic E-state index is 5.93. The maximum Gasteiger partial charge on any atom is 0.151 e. The molecule has 2 aromatic rings. The molecule has 1 fully saturated rings. The van der Waals surface area contributed by atoms with E-state index in [0.29, 0.717) is 11.1 Å². The van der Waals surface area contributed by atoms with E-state index in [9.17, 15) is 0 Å². The van der Waals surface area contributed by atoms with Crippen molar-refractivity contribution in [2.45, 2.75) is 38.0 Å². The van der Waals surface area contributed by atoms with Gasteiger partial charge in [-0.3, -0.25) is 0 Å². The number of halogens is 1. The van der Waals surface area contributed by atoms with Gasteiger partial charge in [0.05, 0.1) is 5.56 Å². The third-order valence-electron chi connectivity index (χ3n) is 3.77. The van der Waals surface area contributed by atoms with Gasteiger partial charge in [0.2, 0.25) is 0 Å². The van der Waals surface area contributed by atoms with Gasteiger partial charge in [0.1, 0.15) is 10.2 Å². The number of nitrogens with one attached hydrogen (secondary N) is 1. The van der Waals surface area contributed by atoms with Crippen LogP contribution in [-0.2, 0) is 0 Å². The van der Waals surface area contributed by atoms with E-state index in [1.54, 1.807) is 17.5 Å². The van der Waals surface area contributed by atoms with Crippen molar-refractivity contribution in [3.05, 3.63) is 22.4 Å². The summed E-state index contributed by atoms with van der Waals surface area (Å²) in [6, 6.07) is 1.82. The SMILES string of the molecule is CNc1cc(Cl)ncc1-c1nnc(C2CCCCC2)s1. The largest absolute Gasteiger partial charge is 0.387 e. The highest BCUT2D eigenvalue weighted by molar-refractivity contribution is 7.14. The molecule has 6 heteroatoms. The molecule has 1 aliphatic carbocycles. The molecule has 0 unspecified atom stereocenters. The molecule has 2 heterocycles. The number of hydrogen-bond acceptors (Lipinski definition) is 5. The van der Waals surface area contributed by atoms with Gasteiger partial charge >= 0.3 is 0 Å². The lowest BCUT2D eigenvalue weighted by molar-refractivity contribution is 0.440. The molecule has 106 valence electrons. The minimum absolute atomic E-state index is 0.482. The van der Waals surface area contributed by atoms with Crippen LogP contribution in [0.1, 0.15) is 43.0 Å². The molecule has 0 saturated heterocycles. The summed E-state index contributed by atoms with van der Waals surface area (Å²) >= 11 is 7.61. The average molecular weight is 309 g/mol. The van der Waals surface area contributed by atoms with Gasteiger partial charge < -0.3 is 5.32 Å². The normalized spacial score (nSPS) is 16.3. The zero-order chi connectivity index (χ0) is 13.9. The van der Waals surface area contributed by atoms with E-state index in [2.05, 4.69) is 20.5 Å². The second kappa shape index (κ2) is 6.06. The molecule has 0 amide bonds. The summed E-state index contributed by atoms with van der Waals surface area (Å²) in [6.45, 7) is 0. The van der Waals surface area contributed by atoms with Gasteiger partial charge in [-0.15, -0.1) is 10.2 Å². The van der Waals surface area contributed by atoms with E-state index in [4.69, 9.17) is 11.6 Å². The highest BCUT2D eigenvalue weighted by Gasteiger charge is 2.20. The minimum atomic E-state index is 0.482. The van der Waals surface area contributed by atoms with Crippen molar-refractivity contribution in [1.29, 1.82) is 0 Å². The Morgan fingerprint density at radius 2 is 2.05 bits per heavy atom. The van der Waals surface area contributed by atoms with E-state index in [1.165, 1.54) is 32.1 Å². The Morgan fingerprint density at radius 3 is 2.80 bits per heavy atom. The Kier molecular flexibility index (Phi) is 4.17. The lowest BCUT2D eigenvalue weighted by atomic mass is 9.90. The van der Waals surface area contributed by atoms with Gasteiger partial charge in [0.15, 0.2) is 5.01 Å². The predicted molar refractivity (Wildman–Crippen MR) is 83.5 cm³/mol. The molecule has 20 heavy (non-hydrogen) atoms. The molecular weight excluding hydrogens is 292 g/mol. The lowest BCUT2D eigenvalue weighted by Gasteiger charge is -2.18. The summed E-state index contributed by atoms with van der Waals surface area (Å²) in [5, 5.41) is 14.4. The van der Waals surface area contributed by atoms with Crippen LogP contribution < -0.4 is 5.32 Å². The van der Waals surface area contributed by atoms with Crippen LogP contribution in [-0.4, -0.2) is 22.2 Å². The number of anilines is 1. The van der Waals surface area contributed by atoms with Crippen LogP contribution in [0.15, 0.2) is 12.3 Å². The minimum Gasteiger partial charge on any atom is -0.387 e. The predicted octanol–water partition coefficient (Wildman–Crippen LogP) is 4.34. The van der Waals surface area contributed by atoms with Gasteiger partial charge in [-0.25, -0.2) is 4.98 Å². The van der Waals surface area contributed by atoms with Gasteiger partial charge in [0, 0.05) is 24.8 Å². The fourth-order valence-electron chi connectivity index (χ4n) is 2.67. The van der Waals surface area contributed by atoms with Crippen LogP contribution in [0.5, 0.6) is 0 Å². The fraction of sp³-hybridized carbons (Fsp3) is 0.500. The number of hydrogen-bond donors (Lipinski definition) is 1. The molecule has 0 aliphatic heterocycles. The Hall–Kier alpha value is -1.20. The number of pyridine rings is 1. The highest BCUT2D eigenvalue weighted by atomic mass is 35.5. The molecule has 0 radical (unpaired) electrons. The van der Waals surface area contributed by atoms with Crippen LogP contribution >= 0.6 is 22.9 Å². The Morgan fingerprint density at radius 1 is 1.25 bits per heavy atom. The van der Waals surface area contributed by atoms with Crippen molar-refractivity contribution >= 4 is 28.6 Å². The van der Waals surface area contributed by atoms with Gasteiger partial charge in [-0.05, 0) is 18.9 Å². The van der Waals surface area contributed by atoms with Crippen molar-refractivity contribution < 1.29 is 0 Å².